The molecule has 5 heteroatoms. The van der Waals surface area contributed by atoms with Gasteiger partial charge in [0.25, 0.3) is 5.91 Å². The third-order valence-corrected chi connectivity index (χ3v) is 4.03. The Morgan fingerprint density at radius 3 is 2.55 bits per heavy atom. The number of benzene rings is 2. The van der Waals surface area contributed by atoms with Gasteiger partial charge in [-0.3, -0.25) is 4.79 Å². The maximum absolute atomic E-state index is 13.0. The van der Waals surface area contributed by atoms with Gasteiger partial charge in [-0.15, -0.1) is 0 Å². The normalized spacial score (nSPS) is 17.7. The zero-order valence-corrected chi connectivity index (χ0v) is 11.9. The summed E-state index contributed by atoms with van der Waals surface area (Å²) in [5.74, 6) is -0.676. The number of hydrogen-bond acceptors (Lipinski definition) is 3. The number of phenols is 2. The summed E-state index contributed by atoms with van der Waals surface area (Å²) in [5, 5.41) is 19.1. The van der Waals surface area contributed by atoms with Crippen LogP contribution in [0.5, 0.6) is 11.5 Å². The number of carbonyl (C=O) groups is 1. The zero-order chi connectivity index (χ0) is 15.7. The van der Waals surface area contributed by atoms with Gasteiger partial charge in [-0.05, 0) is 36.2 Å². The van der Waals surface area contributed by atoms with Crippen LogP contribution in [0, 0.1) is 5.82 Å². The third kappa shape index (κ3) is 2.74. The molecule has 0 spiro atoms. The maximum atomic E-state index is 13.0. The first-order valence-corrected chi connectivity index (χ1v) is 7.11. The number of amides is 1. The standard InChI is InChI=1S/C17H16FNO3/c18-13-3-1-11(2-4-13)12-7-8-19(10-12)17(22)15-6-5-14(20)9-16(15)21/h1-6,9,12,20-21H,7-8,10H2. The number of rotatable bonds is 2. The Hall–Kier alpha value is -2.56. The van der Waals surface area contributed by atoms with Gasteiger partial charge in [0.2, 0.25) is 0 Å². The van der Waals surface area contributed by atoms with Crippen LogP contribution in [0.1, 0.15) is 28.3 Å². The molecule has 3 rings (SSSR count). The number of aromatic hydroxyl groups is 2. The molecule has 0 bridgehead atoms. The summed E-state index contributed by atoms with van der Waals surface area (Å²) >= 11 is 0. The molecule has 0 aromatic heterocycles. The van der Waals surface area contributed by atoms with E-state index < -0.39 is 0 Å². The summed E-state index contributed by atoms with van der Waals surface area (Å²) in [7, 11) is 0. The van der Waals surface area contributed by atoms with E-state index in [1.807, 2.05) is 0 Å². The first kappa shape index (κ1) is 14.4. The van der Waals surface area contributed by atoms with Crippen LogP contribution < -0.4 is 0 Å². The Labute approximate surface area is 127 Å². The van der Waals surface area contributed by atoms with E-state index in [9.17, 15) is 19.4 Å². The number of likely N-dealkylation sites (tertiary alicyclic amines) is 1. The topological polar surface area (TPSA) is 60.8 Å². The highest BCUT2D eigenvalue weighted by atomic mass is 19.1. The molecule has 1 amide bonds. The molecule has 1 unspecified atom stereocenters. The summed E-state index contributed by atoms with van der Waals surface area (Å²) in [6, 6.07) is 10.3. The van der Waals surface area contributed by atoms with Crippen LogP contribution in [0.3, 0.4) is 0 Å². The highest BCUT2D eigenvalue weighted by molar-refractivity contribution is 5.97. The van der Waals surface area contributed by atoms with Crippen LogP contribution in [0.25, 0.3) is 0 Å². The summed E-state index contributed by atoms with van der Waals surface area (Å²) < 4.78 is 13.0. The number of nitrogens with zero attached hydrogens (tertiary/aromatic N) is 1. The number of hydrogen-bond donors (Lipinski definition) is 2. The van der Waals surface area contributed by atoms with Crippen molar-refractivity contribution in [1.29, 1.82) is 0 Å². The average Bonchev–Trinajstić information content (AvgIpc) is 2.97. The lowest BCUT2D eigenvalue weighted by Crippen LogP contribution is -2.28. The molecule has 0 radical (unpaired) electrons. The maximum Gasteiger partial charge on any atom is 0.257 e. The highest BCUT2D eigenvalue weighted by Crippen LogP contribution is 2.30. The Morgan fingerprint density at radius 2 is 1.86 bits per heavy atom. The average molecular weight is 301 g/mol. The van der Waals surface area contributed by atoms with Crippen molar-refractivity contribution in [3.63, 3.8) is 0 Å². The largest absolute Gasteiger partial charge is 0.508 e. The molecule has 22 heavy (non-hydrogen) atoms. The minimum absolute atomic E-state index is 0.0836. The summed E-state index contributed by atoms with van der Waals surface area (Å²) in [5.41, 5.74) is 1.18. The van der Waals surface area contributed by atoms with Crippen molar-refractivity contribution in [3.05, 3.63) is 59.4 Å². The van der Waals surface area contributed by atoms with Crippen molar-refractivity contribution in [3.8, 4) is 11.5 Å². The van der Waals surface area contributed by atoms with Gasteiger partial charge in [0, 0.05) is 25.1 Å². The van der Waals surface area contributed by atoms with Gasteiger partial charge in [-0.25, -0.2) is 4.39 Å². The molecular formula is C17H16FNO3. The second-order valence-corrected chi connectivity index (χ2v) is 5.49. The minimum Gasteiger partial charge on any atom is -0.508 e. The van der Waals surface area contributed by atoms with Crippen LogP contribution in [0.2, 0.25) is 0 Å². The highest BCUT2D eigenvalue weighted by Gasteiger charge is 2.29. The Kier molecular flexibility index (Phi) is 3.71. The molecule has 1 heterocycles. The van der Waals surface area contributed by atoms with E-state index in [0.29, 0.717) is 13.1 Å². The number of halogens is 1. The number of carbonyl (C=O) groups excluding carboxylic acids is 1. The summed E-state index contributed by atoms with van der Waals surface area (Å²) in [4.78, 5) is 14.1. The van der Waals surface area contributed by atoms with Crippen molar-refractivity contribution in [2.24, 2.45) is 0 Å². The molecule has 1 atom stereocenters. The van der Waals surface area contributed by atoms with Crippen LogP contribution in [0.15, 0.2) is 42.5 Å². The van der Waals surface area contributed by atoms with Gasteiger partial charge in [-0.1, -0.05) is 12.1 Å². The molecule has 2 N–H and O–H groups in total. The molecule has 0 saturated carbocycles. The Bertz CT molecular complexity index is 700. The molecule has 1 aliphatic heterocycles. The van der Waals surface area contributed by atoms with E-state index in [-0.39, 0.29) is 34.7 Å². The summed E-state index contributed by atoms with van der Waals surface area (Å²) in [6.07, 6.45) is 0.802. The fourth-order valence-electron chi connectivity index (χ4n) is 2.82. The van der Waals surface area contributed by atoms with Gasteiger partial charge in [0.15, 0.2) is 0 Å². The molecule has 1 saturated heterocycles. The van der Waals surface area contributed by atoms with E-state index in [0.717, 1.165) is 18.1 Å². The fraction of sp³-hybridized carbons (Fsp3) is 0.235. The second-order valence-electron chi connectivity index (χ2n) is 5.49. The predicted molar refractivity (Wildman–Crippen MR) is 79.4 cm³/mol. The minimum atomic E-state index is -0.274. The van der Waals surface area contributed by atoms with Gasteiger partial charge < -0.3 is 15.1 Å². The molecule has 2 aromatic rings. The monoisotopic (exact) mass is 301 g/mol. The van der Waals surface area contributed by atoms with Gasteiger partial charge in [0.1, 0.15) is 17.3 Å². The first-order valence-electron chi connectivity index (χ1n) is 7.11. The fourth-order valence-corrected chi connectivity index (χ4v) is 2.82. The molecule has 4 nitrogen and oxygen atoms in total. The van der Waals surface area contributed by atoms with Gasteiger partial charge in [-0.2, -0.15) is 0 Å². The lowest BCUT2D eigenvalue weighted by molar-refractivity contribution is 0.0788. The quantitative estimate of drug-likeness (QED) is 0.896. The predicted octanol–water partition coefficient (Wildman–Crippen LogP) is 2.87. The molecular weight excluding hydrogens is 285 g/mol. The lowest BCUT2D eigenvalue weighted by Gasteiger charge is -2.17. The van der Waals surface area contributed by atoms with E-state index in [1.165, 1.54) is 24.3 Å². The molecule has 1 fully saturated rings. The van der Waals surface area contributed by atoms with E-state index >= 15 is 0 Å². The van der Waals surface area contributed by atoms with Gasteiger partial charge in [0.05, 0.1) is 5.56 Å². The van der Waals surface area contributed by atoms with Gasteiger partial charge >= 0.3 is 0 Å². The molecule has 2 aromatic carbocycles. The zero-order valence-electron chi connectivity index (χ0n) is 11.9. The summed E-state index contributed by atoms with van der Waals surface area (Å²) in [6.45, 7) is 1.12. The van der Waals surface area contributed by atoms with E-state index in [2.05, 4.69) is 0 Å². The smallest absolute Gasteiger partial charge is 0.257 e. The van der Waals surface area contributed by atoms with E-state index in [4.69, 9.17) is 0 Å². The Morgan fingerprint density at radius 1 is 1.14 bits per heavy atom. The molecule has 114 valence electrons. The van der Waals surface area contributed by atoms with Crippen molar-refractivity contribution in [1.82, 2.24) is 4.90 Å². The van der Waals surface area contributed by atoms with E-state index in [1.54, 1.807) is 17.0 Å². The Balaban J connectivity index is 1.74. The van der Waals surface area contributed by atoms with Crippen LogP contribution in [0.4, 0.5) is 4.39 Å². The van der Waals surface area contributed by atoms with Crippen molar-refractivity contribution in [2.45, 2.75) is 12.3 Å². The molecule has 0 aliphatic carbocycles. The van der Waals surface area contributed by atoms with Crippen LogP contribution >= 0.6 is 0 Å². The second kappa shape index (κ2) is 5.67. The number of phenolic OH excluding ortho intramolecular Hbond substituents is 2. The SMILES string of the molecule is O=C(c1ccc(O)cc1O)N1CCC(c2ccc(F)cc2)C1. The van der Waals surface area contributed by atoms with Crippen LogP contribution in [-0.2, 0) is 0 Å². The first-order chi connectivity index (χ1) is 10.5. The van der Waals surface area contributed by atoms with Crippen LogP contribution in [-0.4, -0.2) is 34.1 Å². The van der Waals surface area contributed by atoms with Crippen molar-refractivity contribution >= 4 is 5.91 Å². The third-order valence-electron chi connectivity index (χ3n) is 4.03. The molecule has 1 aliphatic rings. The van der Waals surface area contributed by atoms with Crippen molar-refractivity contribution in [2.75, 3.05) is 13.1 Å². The lowest BCUT2D eigenvalue weighted by atomic mass is 9.98. The van der Waals surface area contributed by atoms with Crippen molar-refractivity contribution < 1.29 is 19.4 Å².